The molecule has 4 heteroatoms. The number of nitrogens with one attached hydrogen (secondary N) is 1. The summed E-state index contributed by atoms with van der Waals surface area (Å²) in [5, 5.41) is 3.06. The fourth-order valence-electron chi connectivity index (χ4n) is 1.21. The van der Waals surface area contributed by atoms with Gasteiger partial charge in [0.2, 0.25) is 0 Å². The molecule has 0 aliphatic carbocycles. The molecule has 2 aromatic rings. The molecule has 0 bridgehead atoms. The molecule has 0 saturated heterocycles. The van der Waals surface area contributed by atoms with Crippen LogP contribution in [0.5, 0.6) is 0 Å². The van der Waals surface area contributed by atoms with Crippen LogP contribution in [-0.2, 0) is 6.54 Å². The number of anilines is 1. The molecule has 0 spiro atoms. The molecule has 0 aliphatic heterocycles. The Kier molecular flexibility index (Phi) is 3.06. The molecule has 1 N–H and O–H groups in total. The minimum Gasteiger partial charge on any atom is -0.467 e. The summed E-state index contributed by atoms with van der Waals surface area (Å²) in [4.78, 5) is 0. The van der Waals surface area contributed by atoms with Crippen LogP contribution in [0.15, 0.2) is 45.5 Å². The Balaban J connectivity index is 2.02. The van der Waals surface area contributed by atoms with Crippen molar-refractivity contribution >= 4 is 21.6 Å². The van der Waals surface area contributed by atoms with Crippen LogP contribution in [-0.4, -0.2) is 0 Å². The Labute approximate surface area is 95.2 Å². The van der Waals surface area contributed by atoms with Gasteiger partial charge >= 0.3 is 0 Å². The average Bonchev–Trinajstić information content (AvgIpc) is 2.73. The Bertz CT molecular complexity index is 442. The zero-order valence-electron chi connectivity index (χ0n) is 7.84. The largest absolute Gasteiger partial charge is 0.467 e. The first kappa shape index (κ1) is 10.2. The van der Waals surface area contributed by atoms with Gasteiger partial charge in [0.05, 0.1) is 17.3 Å². The van der Waals surface area contributed by atoms with Crippen molar-refractivity contribution in [2.24, 2.45) is 0 Å². The number of benzene rings is 1. The summed E-state index contributed by atoms with van der Waals surface area (Å²) in [6.45, 7) is 0.550. The molecule has 2 rings (SSSR count). The summed E-state index contributed by atoms with van der Waals surface area (Å²) in [5.74, 6) is 0.540. The second-order valence-corrected chi connectivity index (χ2v) is 3.92. The fraction of sp³-hybridized carbons (Fsp3) is 0.0909. The number of rotatable bonds is 3. The summed E-state index contributed by atoms with van der Waals surface area (Å²) in [6, 6.07) is 8.59. The molecule has 78 valence electrons. The number of halogens is 2. The van der Waals surface area contributed by atoms with Gasteiger partial charge in [0.25, 0.3) is 0 Å². The number of hydrogen-bond acceptors (Lipinski definition) is 2. The van der Waals surface area contributed by atoms with E-state index in [9.17, 15) is 4.39 Å². The van der Waals surface area contributed by atoms with E-state index >= 15 is 0 Å². The van der Waals surface area contributed by atoms with E-state index in [-0.39, 0.29) is 5.82 Å². The van der Waals surface area contributed by atoms with Gasteiger partial charge in [0.15, 0.2) is 0 Å². The Hall–Kier alpha value is -1.29. The summed E-state index contributed by atoms with van der Waals surface area (Å²) in [6.07, 6.45) is 1.61. The van der Waals surface area contributed by atoms with Gasteiger partial charge in [-0.2, -0.15) is 0 Å². The van der Waals surface area contributed by atoms with Crippen LogP contribution in [0, 0.1) is 5.82 Å². The number of hydrogen-bond donors (Lipinski definition) is 1. The lowest BCUT2D eigenvalue weighted by atomic mass is 10.3. The van der Waals surface area contributed by atoms with Crippen molar-refractivity contribution in [3.63, 3.8) is 0 Å². The molecular formula is C11H9BrFNO. The third kappa shape index (κ3) is 2.59. The van der Waals surface area contributed by atoms with E-state index in [0.717, 1.165) is 11.4 Å². The predicted molar refractivity (Wildman–Crippen MR) is 60.1 cm³/mol. The maximum Gasteiger partial charge on any atom is 0.139 e. The van der Waals surface area contributed by atoms with E-state index in [1.54, 1.807) is 18.4 Å². The van der Waals surface area contributed by atoms with Crippen LogP contribution in [0.1, 0.15) is 5.76 Å². The normalized spacial score (nSPS) is 10.3. The Morgan fingerprint density at radius 2 is 2.20 bits per heavy atom. The standard InChI is InChI=1S/C11H9BrFNO/c12-10-4-3-8(6-11(10)13)14-7-9-2-1-5-15-9/h1-6,14H,7H2. The highest BCUT2D eigenvalue weighted by atomic mass is 79.9. The van der Waals surface area contributed by atoms with Gasteiger partial charge in [-0.3, -0.25) is 0 Å². The van der Waals surface area contributed by atoms with E-state index in [0.29, 0.717) is 11.0 Å². The summed E-state index contributed by atoms with van der Waals surface area (Å²) < 4.78 is 18.7. The second kappa shape index (κ2) is 4.49. The SMILES string of the molecule is Fc1cc(NCc2ccco2)ccc1Br. The minimum absolute atomic E-state index is 0.278. The average molecular weight is 270 g/mol. The summed E-state index contributed by atoms with van der Waals surface area (Å²) in [5.41, 5.74) is 0.729. The Morgan fingerprint density at radius 3 is 2.87 bits per heavy atom. The van der Waals surface area contributed by atoms with Crippen molar-refractivity contribution < 1.29 is 8.81 Å². The van der Waals surface area contributed by atoms with E-state index in [4.69, 9.17) is 4.42 Å². The molecule has 0 radical (unpaired) electrons. The first-order valence-electron chi connectivity index (χ1n) is 4.47. The van der Waals surface area contributed by atoms with Crippen molar-refractivity contribution in [3.8, 4) is 0 Å². The molecule has 1 heterocycles. The van der Waals surface area contributed by atoms with E-state index in [2.05, 4.69) is 21.2 Å². The summed E-state index contributed by atoms with van der Waals surface area (Å²) >= 11 is 3.10. The maximum absolute atomic E-state index is 13.1. The van der Waals surface area contributed by atoms with E-state index in [1.807, 2.05) is 12.1 Å². The highest BCUT2D eigenvalue weighted by molar-refractivity contribution is 9.10. The number of furan rings is 1. The van der Waals surface area contributed by atoms with Gasteiger partial charge in [0, 0.05) is 5.69 Å². The van der Waals surface area contributed by atoms with Gasteiger partial charge in [-0.05, 0) is 46.3 Å². The van der Waals surface area contributed by atoms with Gasteiger partial charge in [-0.1, -0.05) is 0 Å². The Morgan fingerprint density at radius 1 is 1.33 bits per heavy atom. The smallest absolute Gasteiger partial charge is 0.139 e. The van der Waals surface area contributed by atoms with Crippen LogP contribution in [0.4, 0.5) is 10.1 Å². The molecule has 15 heavy (non-hydrogen) atoms. The topological polar surface area (TPSA) is 25.2 Å². The molecule has 2 nitrogen and oxygen atoms in total. The van der Waals surface area contributed by atoms with Crippen LogP contribution in [0.25, 0.3) is 0 Å². The monoisotopic (exact) mass is 269 g/mol. The van der Waals surface area contributed by atoms with Crippen molar-refractivity contribution in [1.82, 2.24) is 0 Å². The highest BCUT2D eigenvalue weighted by Crippen LogP contribution is 2.19. The molecule has 1 aromatic carbocycles. The van der Waals surface area contributed by atoms with Crippen molar-refractivity contribution in [1.29, 1.82) is 0 Å². The zero-order valence-corrected chi connectivity index (χ0v) is 9.42. The van der Waals surface area contributed by atoms with Crippen LogP contribution in [0.3, 0.4) is 0 Å². The first-order valence-corrected chi connectivity index (χ1v) is 5.26. The molecular weight excluding hydrogens is 261 g/mol. The van der Waals surface area contributed by atoms with Crippen molar-refractivity contribution in [2.75, 3.05) is 5.32 Å². The van der Waals surface area contributed by atoms with Crippen molar-refractivity contribution in [2.45, 2.75) is 6.54 Å². The van der Waals surface area contributed by atoms with Crippen LogP contribution >= 0.6 is 15.9 Å². The lowest BCUT2D eigenvalue weighted by Gasteiger charge is -2.04. The van der Waals surface area contributed by atoms with Crippen LogP contribution < -0.4 is 5.32 Å². The van der Waals surface area contributed by atoms with E-state index < -0.39 is 0 Å². The molecule has 0 fully saturated rings. The van der Waals surface area contributed by atoms with Gasteiger partial charge < -0.3 is 9.73 Å². The summed E-state index contributed by atoms with van der Waals surface area (Å²) in [7, 11) is 0. The first-order chi connectivity index (χ1) is 7.25. The molecule has 0 aliphatic rings. The van der Waals surface area contributed by atoms with Gasteiger partial charge in [0.1, 0.15) is 11.6 Å². The molecule has 0 amide bonds. The highest BCUT2D eigenvalue weighted by Gasteiger charge is 2.00. The molecule has 0 unspecified atom stereocenters. The predicted octanol–water partition coefficient (Wildman–Crippen LogP) is 3.79. The van der Waals surface area contributed by atoms with Gasteiger partial charge in [-0.15, -0.1) is 0 Å². The van der Waals surface area contributed by atoms with Crippen LogP contribution in [0.2, 0.25) is 0 Å². The lowest BCUT2D eigenvalue weighted by molar-refractivity contribution is 0.518. The maximum atomic E-state index is 13.1. The molecule has 1 aromatic heterocycles. The quantitative estimate of drug-likeness (QED) is 0.917. The molecule has 0 atom stereocenters. The fourth-order valence-corrected chi connectivity index (χ4v) is 1.46. The third-order valence-electron chi connectivity index (χ3n) is 1.97. The van der Waals surface area contributed by atoms with Crippen molar-refractivity contribution in [3.05, 3.63) is 52.6 Å². The minimum atomic E-state index is -0.278. The molecule has 0 saturated carbocycles. The second-order valence-electron chi connectivity index (χ2n) is 3.06. The zero-order chi connectivity index (χ0) is 10.7. The third-order valence-corrected chi connectivity index (χ3v) is 2.61. The van der Waals surface area contributed by atoms with Gasteiger partial charge in [-0.25, -0.2) is 4.39 Å². The lowest BCUT2D eigenvalue weighted by Crippen LogP contribution is -1.98. The van der Waals surface area contributed by atoms with E-state index in [1.165, 1.54) is 6.07 Å².